The number of aryl methyl sites for hydroxylation is 1. The summed E-state index contributed by atoms with van der Waals surface area (Å²) in [5, 5.41) is 8.16. The molecule has 0 spiro atoms. The van der Waals surface area contributed by atoms with Crippen molar-refractivity contribution in [1.29, 1.82) is 0 Å². The molecule has 2 unspecified atom stereocenters. The molecule has 1 aromatic rings. The van der Waals surface area contributed by atoms with E-state index in [1.807, 2.05) is 6.92 Å². The number of hydrogen-bond acceptors (Lipinski definition) is 4. The van der Waals surface area contributed by atoms with E-state index in [4.69, 9.17) is 5.73 Å². The molecule has 2 rings (SSSR count). The summed E-state index contributed by atoms with van der Waals surface area (Å²) in [5.41, 5.74) is 6.95. The third-order valence-electron chi connectivity index (χ3n) is 3.20. The first kappa shape index (κ1) is 10.4. The highest BCUT2D eigenvalue weighted by Gasteiger charge is 2.30. The minimum Gasteiger partial charge on any atom is -0.351 e. The zero-order valence-corrected chi connectivity index (χ0v) is 9.35. The number of rotatable bonds is 2. The van der Waals surface area contributed by atoms with Gasteiger partial charge >= 0.3 is 0 Å². The van der Waals surface area contributed by atoms with Crippen molar-refractivity contribution in [3.05, 3.63) is 17.8 Å². The van der Waals surface area contributed by atoms with Crippen LogP contribution in [0.2, 0.25) is 0 Å². The summed E-state index contributed by atoms with van der Waals surface area (Å²) in [4.78, 5) is 2.28. The summed E-state index contributed by atoms with van der Waals surface area (Å²) in [6, 6.07) is 2.49. The molecular weight excluding hydrogens is 188 g/mol. The Bertz CT molecular complexity index is 339. The van der Waals surface area contributed by atoms with Gasteiger partial charge in [0, 0.05) is 19.1 Å². The van der Waals surface area contributed by atoms with E-state index < -0.39 is 0 Å². The minimum absolute atomic E-state index is 0.418. The molecule has 2 atom stereocenters. The smallest absolute Gasteiger partial charge is 0.151 e. The Morgan fingerprint density at radius 1 is 1.60 bits per heavy atom. The number of nitrogens with two attached hydrogens (primary N) is 1. The van der Waals surface area contributed by atoms with Gasteiger partial charge in [0.2, 0.25) is 0 Å². The SMILES string of the molecule is Cc1cnnc(N2CCC(C)C2CN)c1. The van der Waals surface area contributed by atoms with E-state index in [9.17, 15) is 0 Å². The van der Waals surface area contributed by atoms with Crippen molar-refractivity contribution in [2.45, 2.75) is 26.3 Å². The van der Waals surface area contributed by atoms with Gasteiger partial charge < -0.3 is 10.6 Å². The van der Waals surface area contributed by atoms with Crippen LogP contribution in [0.5, 0.6) is 0 Å². The van der Waals surface area contributed by atoms with Crippen molar-refractivity contribution < 1.29 is 0 Å². The molecule has 82 valence electrons. The monoisotopic (exact) mass is 206 g/mol. The van der Waals surface area contributed by atoms with Crippen molar-refractivity contribution in [3.8, 4) is 0 Å². The van der Waals surface area contributed by atoms with E-state index in [0.717, 1.165) is 17.9 Å². The fourth-order valence-electron chi connectivity index (χ4n) is 2.24. The first-order valence-electron chi connectivity index (χ1n) is 5.48. The Morgan fingerprint density at radius 2 is 2.40 bits per heavy atom. The molecule has 2 N–H and O–H groups in total. The fourth-order valence-corrected chi connectivity index (χ4v) is 2.24. The molecular formula is C11H18N4. The van der Waals surface area contributed by atoms with Crippen molar-refractivity contribution in [3.63, 3.8) is 0 Å². The van der Waals surface area contributed by atoms with Crippen LogP contribution in [-0.2, 0) is 0 Å². The highest BCUT2D eigenvalue weighted by Crippen LogP contribution is 2.27. The van der Waals surface area contributed by atoms with Gasteiger partial charge in [-0.1, -0.05) is 6.92 Å². The molecule has 0 bridgehead atoms. The van der Waals surface area contributed by atoms with Gasteiger partial charge in [-0.2, -0.15) is 5.10 Å². The molecule has 0 amide bonds. The normalized spacial score (nSPS) is 25.9. The number of hydrogen-bond donors (Lipinski definition) is 1. The van der Waals surface area contributed by atoms with E-state index in [-0.39, 0.29) is 0 Å². The highest BCUT2D eigenvalue weighted by molar-refractivity contribution is 5.42. The van der Waals surface area contributed by atoms with Gasteiger partial charge in [0.25, 0.3) is 0 Å². The second-order valence-electron chi connectivity index (χ2n) is 4.35. The third-order valence-corrected chi connectivity index (χ3v) is 3.20. The lowest BCUT2D eigenvalue weighted by molar-refractivity contribution is 0.516. The number of nitrogens with zero attached hydrogens (tertiary/aromatic N) is 3. The Morgan fingerprint density at radius 3 is 3.07 bits per heavy atom. The van der Waals surface area contributed by atoms with Crippen molar-refractivity contribution >= 4 is 5.82 Å². The first-order valence-corrected chi connectivity index (χ1v) is 5.48. The van der Waals surface area contributed by atoms with Crippen LogP contribution in [0, 0.1) is 12.8 Å². The van der Waals surface area contributed by atoms with Gasteiger partial charge in [-0.25, -0.2) is 0 Å². The molecule has 1 aliphatic heterocycles. The average Bonchev–Trinajstić information content (AvgIpc) is 2.59. The lowest BCUT2D eigenvalue weighted by atomic mass is 10.0. The molecule has 0 aliphatic carbocycles. The van der Waals surface area contributed by atoms with Crippen molar-refractivity contribution in [2.75, 3.05) is 18.0 Å². The van der Waals surface area contributed by atoms with E-state index in [0.29, 0.717) is 18.5 Å². The van der Waals surface area contributed by atoms with Crippen LogP contribution in [0.4, 0.5) is 5.82 Å². The zero-order chi connectivity index (χ0) is 10.8. The topological polar surface area (TPSA) is 55.0 Å². The fraction of sp³-hybridized carbons (Fsp3) is 0.636. The largest absolute Gasteiger partial charge is 0.351 e. The zero-order valence-electron chi connectivity index (χ0n) is 9.35. The Balaban J connectivity index is 2.23. The van der Waals surface area contributed by atoms with Crippen molar-refractivity contribution in [2.24, 2.45) is 11.7 Å². The van der Waals surface area contributed by atoms with Gasteiger partial charge in [-0.05, 0) is 30.9 Å². The molecule has 1 fully saturated rings. The van der Waals surface area contributed by atoms with Crippen LogP contribution in [0.15, 0.2) is 12.3 Å². The molecule has 4 nitrogen and oxygen atoms in total. The second-order valence-corrected chi connectivity index (χ2v) is 4.35. The second kappa shape index (κ2) is 4.14. The van der Waals surface area contributed by atoms with Crippen LogP contribution >= 0.6 is 0 Å². The Labute approximate surface area is 90.5 Å². The van der Waals surface area contributed by atoms with Crippen LogP contribution in [0.1, 0.15) is 18.9 Å². The van der Waals surface area contributed by atoms with Gasteiger partial charge in [0.1, 0.15) is 0 Å². The van der Waals surface area contributed by atoms with Crippen LogP contribution in [0.25, 0.3) is 0 Å². The molecule has 0 radical (unpaired) electrons. The van der Waals surface area contributed by atoms with Crippen molar-refractivity contribution in [1.82, 2.24) is 10.2 Å². The molecule has 4 heteroatoms. The number of aromatic nitrogens is 2. The molecule has 1 aromatic heterocycles. The lowest BCUT2D eigenvalue weighted by Crippen LogP contribution is -2.39. The summed E-state index contributed by atoms with van der Waals surface area (Å²) in [5.74, 6) is 1.62. The summed E-state index contributed by atoms with van der Waals surface area (Å²) in [7, 11) is 0. The molecule has 2 heterocycles. The Hall–Kier alpha value is -1.16. The first-order chi connectivity index (χ1) is 7.22. The van der Waals surface area contributed by atoms with E-state index in [2.05, 4.69) is 28.1 Å². The average molecular weight is 206 g/mol. The van der Waals surface area contributed by atoms with Gasteiger partial charge in [0.05, 0.1) is 6.20 Å². The summed E-state index contributed by atoms with van der Waals surface area (Å²) in [6.07, 6.45) is 2.97. The molecule has 0 saturated carbocycles. The van der Waals surface area contributed by atoms with E-state index in [1.165, 1.54) is 6.42 Å². The minimum atomic E-state index is 0.418. The number of anilines is 1. The van der Waals surface area contributed by atoms with Gasteiger partial charge in [0.15, 0.2) is 5.82 Å². The summed E-state index contributed by atoms with van der Waals surface area (Å²) < 4.78 is 0. The highest BCUT2D eigenvalue weighted by atomic mass is 15.3. The molecule has 0 aromatic carbocycles. The standard InChI is InChI=1S/C11H18N4/c1-8-5-11(14-13-7-8)15-4-3-9(2)10(15)6-12/h5,7,9-10H,3-4,6,12H2,1-2H3. The third kappa shape index (κ3) is 1.95. The maximum Gasteiger partial charge on any atom is 0.151 e. The van der Waals surface area contributed by atoms with Gasteiger partial charge in [-0.3, -0.25) is 0 Å². The van der Waals surface area contributed by atoms with E-state index in [1.54, 1.807) is 6.20 Å². The summed E-state index contributed by atoms with van der Waals surface area (Å²) >= 11 is 0. The molecule has 1 aliphatic rings. The lowest BCUT2D eigenvalue weighted by Gasteiger charge is -2.26. The van der Waals surface area contributed by atoms with Crippen LogP contribution in [0.3, 0.4) is 0 Å². The van der Waals surface area contributed by atoms with Gasteiger partial charge in [-0.15, -0.1) is 5.10 Å². The molecule has 15 heavy (non-hydrogen) atoms. The Kier molecular flexibility index (Phi) is 2.86. The quantitative estimate of drug-likeness (QED) is 0.783. The predicted octanol–water partition coefficient (Wildman–Crippen LogP) is 0.959. The van der Waals surface area contributed by atoms with Crippen LogP contribution < -0.4 is 10.6 Å². The van der Waals surface area contributed by atoms with Crippen LogP contribution in [-0.4, -0.2) is 29.3 Å². The maximum atomic E-state index is 5.80. The summed E-state index contributed by atoms with van der Waals surface area (Å²) in [6.45, 7) is 6.02. The predicted molar refractivity (Wildman–Crippen MR) is 60.7 cm³/mol. The molecule has 1 saturated heterocycles. The van der Waals surface area contributed by atoms with E-state index >= 15 is 0 Å². The maximum absolute atomic E-state index is 5.80.